The topological polar surface area (TPSA) is 52.6 Å². The molecule has 1 spiro atoms. The number of carbonyl (C=O) groups is 2. The summed E-state index contributed by atoms with van der Waals surface area (Å²) >= 11 is 0. The van der Waals surface area contributed by atoms with Crippen LogP contribution in [-0.2, 0) is 19.1 Å². The summed E-state index contributed by atoms with van der Waals surface area (Å²) < 4.78 is 11.7. The molecule has 4 rings (SSSR count). The van der Waals surface area contributed by atoms with Crippen LogP contribution in [0.5, 0.6) is 0 Å². The van der Waals surface area contributed by atoms with E-state index in [1.807, 2.05) is 6.92 Å². The predicted molar refractivity (Wildman–Crippen MR) is 103 cm³/mol. The zero-order valence-corrected chi connectivity index (χ0v) is 17.5. The molecule has 4 nitrogen and oxygen atoms in total. The number of hydrogen-bond donors (Lipinski definition) is 0. The highest BCUT2D eigenvalue weighted by Gasteiger charge is 2.65. The molecule has 2 aliphatic carbocycles. The minimum atomic E-state index is -0.531. The second-order valence-electron chi connectivity index (χ2n) is 10.3. The number of esters is 1. The fraction of sp³-hybridized carbons (Fsp3) is 0.913. The van der Waals surface area contributed by atoms with E-state index in [1.165, 1.54) is 13.5 Å². The van der Waals surface area contributed by atoms with Crippen LogP contribution in [0.1, 0.15) is 78.6 Å². The van der Waals surface area contributed by atoms with Crippen molar-refractivity contribution >= 4 is 11.8 Å². The van der Waals surface area contributed by atoms with Crippen molar-refractivity contribution in [2.24, 2.45) is 35.0 Å². The maximum atomic E-state index is 13.6. The van der Waals surface area contributed by atoms with Crippen LogP contribution in [0.3, 0.4) is 0 Å². The van der Waals surface area contributed by atoms with Crippen molar-refractivity contribution in [3.8, 4) is 0 Å². The molecule has 0 radical (unpaired) electrons. The number of fused-ring (bicyclic) bond motifs is 3. The monoisotopic (exact) mass is 376 g/mol. The van der Waals surface area contributed by atoms with E-state index in [1.54, 1.807) is 0 Å². The summed E-state index contributed by atoms with van der Waals surface area (Å²) in [6.07, 6.45) is 9.50. The van der Waals surface area contributed by atoms with Gasteiger partial charge in [-0.15, -0.1) is 0 Å². The third-order valence-corrected chi connectivity index (χ3v) is 8.84. The Morgan fingerprint density at radius 3 is 2.67 bits per heavy atom. The van der Waals surface area contributed by atoms with E-state index in [4.69, 9.17) is 9.47 Å². The first kappa shape index (κ1) is 19.4. The van der Waals surface area contributed by atoms with E-state index in [0.717, 1.165) is 44.9 Å². The molecular formula is C23H36O4. The minimum Gasteiger partial charge on any atom is -0.469 e. The summed E-state index contributed by atoms with van der Waals surface area (Å²) in [7, 11) is 1.47. The number of ether oxygens (including phenoxy) is 2. The molecule has 0 aromatic carbocycles. The smallest absolute Gasteiger partial charge is 0.308 e. The SMILES string of the molecule is COC(=O)[C@@H](C)[C@H]1CC[C@H]2[C@H]3CC[C@@H](C)C[C@H]4CCC[C@@]3(O4)C(=O)C[C@@]12C. The molecule has 0 aromatic heterocycles. The molecule has 4 heteroatoms. The van der Waals surface area contributed by atoms with Crippen LogP contribution in [0.2, 0.25) is 0 Å². The van der Waals surface area contributed by atoms with Gasteiger partial charge in [-0.05, 0) is 74.0 Å². The van der Waals surface area contributed by atoms with E-state index in [0.29, 0.717) is 30.0 Å². The normalized spacial score (nSPS) is 48.0. The first-order chi connectivity index (χ1) is 12.8. The second kappa shape index (κ2) is 6.86. The average Bonchev–Trinajstić information content (AvgIpc) is 2.96. The molecule has 2 bridgehead atoms. The van der Waals surface area contributed by atoms with Gasteiger partial charge in [0.25, 0.3) is 0 Å². The van der Waals surface area contributed by atoms with Crippen LogP contribution in [0.25, 0.3) is 0 Å². The summed E-state index contributed by atoms with van der Waals surface area (Å²) in [6, 6.07) is 0. The number of carbonyl (C=O) groups excluding carboxylic acids is 2. The Balaban J connectivity index is 1.69. The lowest BCUT2D eigenvalue weighted by Gasteiger charge is -2.57. The average molecular weight is 377 g/mol. The first-order valence-corrected chi connectivity index (χ1v) is 11.1. The molecule has 0 aromatic rings. The highest BCUT2D eigenvalue weighted by atomic mass is 16.5. The molecule has 8 atom stereocenters. The largest absolute Gasteiger partial charge is 0.469 e. The zero-order chi connectivity index (χ0) is 19.4. The van der Waals surface area contributed by atoms with Gasteiger partial charge < -0.3 is 9.47 Å². The van der Waals surface area contributed by atoms with Crippen molar-refractivity contribution in [2.45, 2.75) is 90.3 Å². The number of Topliss-reactive ketones (excluding diaryl/α,β-unsaturated/α-hetero) is 1. The number of ketones is 1. The number of rotatable bonds is 2. The Morgan fingerprint density at radius 1 is 1.19 bits per heavy atom. The van der Waals surface area contributed by atoms with Crippen molar-refractivity contribution in [2.75, 3.05) is 7.11 Å². The lowest BCUT2D eigenvalue weighted by Crippen LogP contribution is -2.62. The van der Waals surface area contributed by atoms with Gasteiger partial charge in [-0.1, -0.05) is 27.2 Å². The van der Waals surface area contributed by atoms with Gasteiger partial charge in [-0.2, -0.15) is 0 Å². The third kappa shape index (κ3) is 2.89. The molecule has 2 heterocycles. The maximum Gasteiger partial charge on any atom is 0.308 e. The first-order valence-electron chi connectivity index (χ1n) is 11.1. The molecule has 27 heavy (non-hydrogen) atoms. The molecule has 0 amide bonds. The highest BCUT2D eigenvalue weighted by molar-refractivity contribution is 5.90. The Hall–Kier alpha value is -0.900. The van der Waals surface area contributed by atoms with Crippen molar-refractivity contribution in [1.82, 2.24) is 0 Å². The van der Waals surface area contributed by atoms with Gasteiger partial charge in [0, 0.05) is 6.42 Å². The van der Waals surface area contributed by atoms with E-state index in [9.17, 15) is 9.59 Å². The Morgan fingerprint density at radius 2 is 1.93 bits per heavy atom. The zero-order valence-electron chi connectivity index (χ0n) is 17.5. The van der Waals surface area contributed by atoms with E-state index >= 15 is 0 Å². The van der Waals surface area contributed by atoms with Gasteiger partial charge in [-0.25, -0.2) is 0 Å². The lowest BCUT2D eigenvalue weighted by molar-refractivity contribution is -0.213. The lowest BCUT2D eigenvalue weighted by atomic mass is 9.52. The molecule has 0 N–H and O–H groups in total. The van der Waals surface area contributed by atoms with Gasteiger partial charge in [0.2, 0.25) is 0 Å². The van der Waals surface area contributed by atoms with Gasteiger partial charge in [0.1, 0.15) is 5.60 Å². The van der Waals surface area contributed by atoms with Crippen molar-refractivity contribution in [3.05, 3.63) is 0 Å². The number of methoxy groups -OCH3 is 1. The molecular weight excluding hydrogens is 340 g/mol. The predicted octanol–water partition coefficient (Wildman–Crippen LogP) is 4.54. The molecule has 2 aliphatic heterocycles. The van der Waals surface area contributed by atoms with Crippen LogP contribution in [0, 0.1) is 35.0 Å². The van der Waals surface area contributed by atoms with E-state index in [-0.39, 0.29) is 29.3 Å². The Bertz CT molecular complexity index is 615. The van der Waals surface area contributed by atoms with Crippen LogP contribution >= 0.6 is 0 Å². The molecule has 4 fully saturated rings. The van der Waals surface area contributed by atoms with Gasteiger partial charge in [0.15, 0.2) is 5.78 Å². The molecule has 4 aliphatic rings. The quantitative estimate of drug-likeness (QED) is 0.664. The molecule has 152 valence electrons. The summed E-state index contributed by atoms with van der Waals surface area (Å²) in [6.45, 7) is 6.61. The molecule has 2 saturated heterocycles. The molecule has 2 saturated carbocycles. The van der Waals surface area contributed by atoms with Gasteiger partial charge in [-0.3, -0.25) is 9.59 Å². The van der Waals surface area contributed by atoms with E-state index in [2.05, 4.69) is 13.8 Å². The van der Waals surface area contributed by atoms with Crippen molar-refractivity contribution in [1.29, 1.82) is 0 Å². The summed E-state index contributed by atoms with van der Waals surface area (Å²) in [5.41, 5.74) is -0.629. The van der Waals surface area contributed by atoms with Crippen molar-refractivity contribution in [3.63, 3.8) is 0 Å². The van der Waals surface area contributed by atoms with Crippen molar-refractivity contribution < 1.29 is 19.1 Å². The number of hydrogen-bond acceptors (Lipinski definition) is 4. The van der Waals surface area contributed by atoms with Crippen LogP contribution in [-0.4, -0.2) is 30.6 Å². The summed E-state index contributed by atoms with van der Waals surface area (Å²) in [5.74, 6) is 1.77. The van der Waals surface area contributed by atoms with Crippen LogP contribution < -0.4 is 0 Å². The van der Waals surface area contributed by atoms with Crippen LogP contribution in [0.4, 0.5) is 0 Å². The molecule has 0 unspecified atom stereocenters. The summed E-state index contributed by atoms with van der Waals surface area (Å²) in [4.78, 5) is 25.9. The Kier molecular flexibility index (Phi) is 4.93. The second-order valence-corrected chi connectivity index (χ2v) is 10.3. The van der Waals surface area contributed by atoms with Crippen LogP contribution in [0.15, 0.2) is 0 Å². The Labute approximate surface area is 163 Å². The van der Waals surface area contributed by atoms with Gasteiger partial charge >= 0.3 is 5.97 Å². The van der Waals surface area contributed by atoms with E-state index < -0.39 is 5.60 Å². The fourth-order valence-corrected chi connectivity index (χ4v) is 7.53. The summed E-state index contributed by atoms with van der Waals surface area (Å²) in [5, 5.41) is 0. The van der Waals surface area contributed by atoms with Gasteiger partial charge in [0.05, 0.1) is 19.1 Å². The fourth-order valence-electron chi connectivity index (χ4n) is 7.53. The highest BCUT2D eigenvalue weighted by Crippen LogP contribution is 2.64. The minimum absolute atomic E-state index is 0.0979. The standard InChI is InChI=1S/C23H36O4/c1-14-7-8-19-18-10-9-17(15(2)21(25)26-4)22(18,3)13-20(24)23(19)11-5-6-16(12-14)27-23/h14-19H,5-13H2,1-4H3/t14-,15+,16-,17-,18+,19-,22+,23+/m1/s1. The maximum absolute atomic E-state index is 13.6. The third-order valence-electron chi connectivity index (χ3n) is 8.84.